The molecule has 1 saturated heterocycles. The average molecular weight is 372 g/mol. The summed E-state index contributed by atoms with van der Waals surface area (Å²) in [5, 5.41) is 0. The number of nitrogens with zero attached hydrogens (tertiary/aromatic N) is 1. The number of rotatable bonds is 4. The zero-order valence-corrected chi connectivity index (χ0v) is 15.8. The van der Waals surface area contributed by atoms with Crippen LogP contribution in [0.1, 0.15) is 28.8 Å². The predicted octanol–water partition coefficient (Wildman–Crippen LogP) is 4.14. The van der Waals surface area contributed by atoms with Crippen molar-refractivity contribution in [2.45, 2.75) is 19.3 Å². The van der Waals surface area contributed by atoms with Gasteiger partial charge in [-0.15, -0.1) is 0 Å². The third kappa shape index (κ3) is 4.06. The Morgan fingerprint density at radius 3 is 2.18 bits per heavy atom. The van der Waals surface area contributed by atoms with E-state index in [9.17, 15) is 9.59 Å². The van der Waals surface area contributed by atoms with Crippen LogP contribution in [0.25, 0.3) is 11.3 Å². The van der Waals surface area contributed by atoms with Crippen molar-refractivity contribution in [2.24, 2.45) is 5.92 Å². The fraction of sp³-hybridized carbons (Fsp3) is 0.250. The van der Waals surface area contributed by atoms with E-state index in [1.807, 2.05) is 47.4 Å². The second-order valence-corrected chi connectivity index (χ2v) is 7.41. The van der Waals surface area contributed by atoms with Crippen LogP contribution in [-0.4, -0.2) is 28.9 Å². The van der Waals surface area contributed by atoms with E-state index >= 15 is 0 Å². The Bertz CT molecular complexity index is 988. The van der Waals surface area contributed by atoms with Gasteiger partial charge in [-0.05, 0) is 48.4 Å². The van der Waals surface area contributed by atoms with Crippen molar-refractivity contribution in [1.82, 2.24) is 9.88 Å². The molecule has 1 fully saturated rings. The molecule has 4 heteroatoms. The first-order chi connectivity index (χ1) is 13.7. The number of H-pyrrole nitrogens is 1. The van der Waals surface area contributed by atoms with Gasteiger partial charge in [0.05, 0.1) is 0 Å². The van der Waals surface area contributed by atoms with Crippen molar-refractivity contribution in [3.8, 4) is 11.3 Å². The van der Waals surface area contributed by atoms with Gasteiger partial charge in [0.1, 0.15) is 5.56 Å². The van der Waals surface area contributed by atoms with Crippen LogP contribution >= 0.6 is 0 Å². The summed E-state index contributed by atoms with van der Waals surface area (Å²) in [4.78, 5) is 30.0. The third-order valence-corrected chi connectivity index (χ3v) is 5.49. The molecule has 4 nitrogen and oxygen atoms in total. The number of pyridine rings is 1. The Morgan fingerprint density at radius 2 is 1.54 bits per heavy atom. The lowest BCUT2D eigenvalue weighted by molar-refractivity contribution is 0.0689. The van der Waals surface area contributed by atoms with Gasteiger partial charge < -0.3 is 9.88 Å². The van der Waals surface area contributed by atoms with Crippen molar-refractivity contribution in [3.63, 3.8) is 0 Å². The van der Waals surface area contributed by atoms with Crippen LogP contribution in [0.4, 0.5) is 0 Å². The third-order valence-electron chi connectivity index (χ3n) is 5.49. The van der Waals surface area contributed by atoms with E-state index in [-0.39, 0.29) is 17.0 Å². The summed E-state index contributed by atoms with van der Waals surface area (Å²) < 4.78 is 0. The fourth-order valence-corrected chi connectivity index (χ4v) is 3.89. The molecule has 1 N–H and O–H groups in total. The lowest BCUT2D eigenvalue weighted by Crippen LogP contribution is -2.41. The largest absolute Gasteiger partial charge is 0.338 e. The van der Waals surface area contributed by atoms with Gasteiger partial charge in [0, 0.05) is 18.8 Å². The molecule has 0 bridgehead atoms. The van der Waals surface area contributed by atoms with Crippen molar-refractivity contribution < 1.29 is 4.79 Å². The SMILES string of the molecule is O=C(c1ccc(-c2ccccc2)[nH]c1=O)N1CCC(Cc2ccccc2)CC1. The molecule has 0 radical (unpaired) electrons. The first-order valence-electron chi connectivity index (χ1n) is 9.82. The molecule has 0 atom stereocenters. The molecule has 28 heavy (non-hydrogen) atoms. The minimum atomic E-state index is -0.322. The molecular formula is C24H24N2O2. The molecule has 1 aliphatic rings. The van der Waals surface area contributed by atoms with E-state index in [1.165, 1.54) is 5.56 Å². The molecule has 3 aromatic rings. The average Bonchev–Trinajstić information content (AvgIpc) is 2.75. The highest BCUT2D eigenvalue weighted by Gasteiger charge is 2.25. The van der Waals surface area contributed by atoms with Gasteiger partial charge in [-0.3, -0.25) is 9.59 Å². The van der Waals surface area contributed by atoms with E-state index in [0.717, 1.165) is 30.5 Å². The molecule has 0 saturated carbocycles. The maximum atomic E-state index is 12.8. The Balaban J connectivity index is 1.41. The second kappa shape index (κ2) is 8.26. The number of piperidine rings is 1. The smallest absolute Gasteiger partial charge is 0.261 e. The van der Waals surface area contributed by atoms with Crippen LogP contribution < -0.4 is 5.56 Å². The van der Waals surface area contributed by atoms with Gasteiger partial charge in [-0.1, -0.05) is 60.7 Å². The van der Waals surface area contributed by atoms with Crippen molar-refractivity contribution in [3.05, 3.63) is 94.3 Å². The lowest BCUT2D eigenvalue weighted by atomic mass is 9.90. The number of amides is 1. The molecule has 1 aromatic heterocycles. The summed E-state index contributed by atoms with van der Waals surface area (Å²) in [6.45, 7) is 1.41. The summed E-state index contributed by atoms with van der Waals surface area (Å²) in [5.41, 5.74) is 2.91. The lowest BCUT2D eigenvalue weighted by Gasteiger charge is -2.32. The molecule has 1 aliphatic heterocycles. The minimum Gasteiger partial charge on any atom is -0.338 e. The number of carbonyl (C=O) groups excluding carboxylic acids is 1. The van der Waals surface area contributed by atoms with Crippen molar-refractivity contribution >= 4 is 5.91 Å². The van der Waals surface area contributed by atoms with E-state index in [4.69, 9.17) is 0 Å². The zero-order chi connectivity index (χ0) is 19.3. The highest BCUT2D eigenvalue weighted by Crippen LogP contribution is 2.23. The number of hydrogen-bond acceptors (Lipinski definition) is 2. The number of carbonyl (C=O) groups is 1. The molecule has 1 amide bonds. The summed E-state index contributed by atoms with van der Waals surface area (Å²) >= 11 is 0. The quantitative estimate of drug-likeness (QED) is 0.748. The van der Waals surface area contributed by atoms with Crippen LogP contribution in [0.2, 0.25) is 0 Å². The Morgan fingerprint density at radius 1 is 0.893 bits per heavy atom. The van der Waals surface area contributed by atoms with Gasteiger partial charge in [0.2, 0.25) is 0 Å². The van der Waals surface area contributed by atoms with E-state index in [0.29, 0.717) is 19.0 Å². The summed E-state index contributed by atoms with van der Waals surface area (Å²) in [5.74, 6) is 0.421. The van der Waals surface area contributed by atoms with E-state index < -0.39 is 0 Å². The second-order valence-electron chi connectivity index (χ2n) is 7.41. The Hall–Kier alpha value is -3.14. The highest BCUT2D eigenvalue weighted by atomic mass is 16.2. The molecule has 4 rings (SSSR count). The fourth-order valence-electron chi connectivity index (χ4n) is 3.89. The van der Waals surface area contributed by atoms with Crippen LogP contribution in [0.15, 0.2) is 77.6 Å². The summed E-state index contributed by atoms with van der Waals surface area (Å²) in [7, 11) is 0. The maximum Gasteiger partial charge on any atom is 0.261 e. The standard InChI is InChI=1S/C24H24N2O2/c27-23-21(11-12-22(25-23)20-9-5-2-6-10-20)24(28)26-15-13-19(14-16-26)17-18-7-3-1-4-8-18/h1-12,19H,13-17H2,(H,25,27). The van der Waals surface area contributed by atoms with E-state index in [2.05, 4.69) is 29.2 Å². The number of benzene rings is 2. The zero-order valence-electron chi connectivity index (χ0n) is 15.8. The molecule has 2 heterocycles. The van der Waals surface area contributed by atoms with Gasteiger partial charge in [-0.2, -0.15) is 0 Å². The van der Waals surface area contributed by atoms with Gasteiger partial charge in [-0.25, -0.2) is 0 Å². The molecule has 0 spiro atoms. The van der Waals surface area contributed by atoms with Crippen molar-refractivity contribution in [1.29, 1.82) is 0 Å². The number of aromatic nitrogens is 1. The van der Waals surface area contributed by atoms with Gasteiger partial charge >= 0.3 is 0 Å². The first-order valence-corrected chi connectivity index (χ1v) is 9.82. The van der Waals surface area contributed by atoms with E-state index in [1.54, 1.807) is 6.07 Å². The molecule has 0 unspecified atom stereocenters. The molecule has 142 valence electrons. The predicted molar refractivity (Wildman–Crippen MR) is 111 cm³/mol. The summed E-state index contributed by atoms with van der Waals surface area (Å²) in [6.07, 6.45) is 3.00. The highest BCUT2D eigenvalue weighted by molar-refractivity contribution is 5.94. The topological polar surface area (TPSA) is 53.2 Å². The maximum absolute atomic E-state index is 12.8. The molecule has 2 aromatic carbocycles. The Kier molecular flexibility index (Phi) is 5.38. The Labute approximate surface area is 164 Å². The van der Waals surface area contributed by atoms with Crippen LogP contribution in [-0.2, 0) is 6.42 Å². The van der Waals surface area contributed by atoms with Crippen LogP contribution in [0.5, 0.6) is 0 Å². The van der Waals surface area contributed by atoms with Crippen LogP contribution in [0.3, 0.4) is 0 Å². The molecule has 0 aliphatic carbocycles. The number of likely N-dealkylation sites (tertiary alicyclic amines) is 1. The van der Waals surface area contributed by atoms with Crippen molar-refractivity contribution in [2.75, 3.05) is 13.1 Å². The number of aromatic amines is 1. The molecular weight excluding hydrogens is 348 g/mol. The minimum absolute atomic E-state index is 0.168. The monoisotopic (exact) mass is 372 g/mol. The first kappa shape index (κ1) is 18.2. The normalized spacial score (nSPS) is 14.8. The number of hydrogen-bond donors (Lipinski definition) is 1. The van der Waals surface area contributed by atoms with Gasteiger partial charge in [0.25, 0.3) is 11.5 Å². The number of nitrogens with one attached hydrogen (secondary N) is 1. The van der Waals surface area contributed by atoms with Crippen LogP contribution in [0, 0.1) is 5.92 Å². The summed E-state index contributed by atoms with van der Waals surface area (Å²) in [6, 6.07) is 23.6. The van der Waals surface area contributed by atoms with Gasteiger partial charge in [0.15, 0.2) is 0 Å².